The first-order valence-corrected chi connectivity index (χ1v) is 7.16. The fourth-order valence-corrected chi connectivity index (χ4v) is 2.53. The number of rotatable bonds is 3. The summed E-state index contributed by atoms with van der Waals surface area (Å²) in [7, 11) is 0. The van der Waals surface area contributed by atoms with Crippen molar-refractivity contribution < 1.29 is 0 Å². The minimum Gasteiger partial charge on any atom is -0.383 e. The van der Waals surface area contributed by atoms with E-state index >= 15 is 0 Å². The summed E-state index contributed by atoms with van der Waals surface area (Å²) in [6, 6.07) is 2.01. The average Bonchev–Trinajstić information content (AvgIpc) is 2.77. The Morgan fingerprint density at radius 3 is 2.76 bits per heavy atom. The monoisotopic (exact) mass is 311 g/mol. The number of nitrogens with two attached hydrogens (primary N) is 1. The highest BCUT2D eigenvalue weighted by Crippen LogP contribution is 2.27. The summed E-state index contributed by atoms with van der Waals surface area (Å²) in [4.78, 5) is 8.89. The molecule has 17 heavy (non-hydrogen) atoms. The van der Waals surface area contributed by atoms with Crippen molar-refractivity contribution in [2.45, 2.75) is 20.3 Å². The van der Waals surface area contributed by atoms with E-state index in [2.05, 4.69) is 39.7 Å². The third kappa shape index (κ3) is 2.84. The van der Waals surface area contributed by atoms with Crippen LogP contribution in [-0.2, 0) is 6.42 Å². The number of hydrogen-bond acceptors (Lipinski definition) is 4. The lowest BCUT2D eigenvalue weighted by atomic mass is 10.1. The lowest BCUT2D eigenvalue weighted by Gasteiger charge is -2.10. The van der Waals surface area contributed by atoms with Crippen molar-refractivity contribution in [3.63, 3.8) is 0 Å². The molecule has 0 aliphatic rings. The normalized spacial score (nSPS) is 11.1. The van der Waals surface area contributed by atoms with Crippen LogP contribution < -0.4 is 5.73 Å². The van der Waals surface area contributed by atoms with Gasteiger partial charge in [-0.2, -0.15) is 11.3 Å². The number of halogens is 1. The maximum atomic E-state index is 5.91. The van der Waals surface area contributed by atoms with Crippen molar-refractivity contribution in [1.29, 1.82) is 0 Å². The molecule has 90 valence electrons. The second-order valence-corrected chi connectivity index (χ2v) is 5.88. The smallest absolute Gasteiger partial charge is 0.162 e. The van der Waals surface area contributed by atoms with Crippen molar-refractivity contribution in [1.82, 2.24) is 9.97 Å². The Morgan fingerprint density at radius 1 is 1.41 bits per heavy atom. The maximum absolute atomic E-state index is 5.91. The van der Waals surface area contributed by atoms with Crippen LogP contribution in [0.15, 0.2) is 21.3 Å². The summed E-state index contributed by atoms with van der Waals surface area (Å²) in [6.45, 7) is 4.32. The minimum absolute atomic E-state index is 0.511. The molecule has 0 radical (unpaired) electrons. The van der Waals surface area contributed by atoms with Crippen LogP contribution in [0.4, 0.5) is 5.82 Å². The number of nitrogen functional groups attached to an aromatic ring is 1. The molecule has 5 heteroatoms. The van der Waals surface area contributed by atoms with Gasteiger partial charge < -0.3 is 5.73 Å². The first-order valence-electron chi connectivity index (χ1n) is 5.42. The van der Waals surface area contributed by atoms with Crippen LogP contribution in [0.1, 0.15) is 19.5 Å². The van der Waals surface area contributed by atoms with Gasteiger partial charge in [-0.25, -0.2) is 9.97 Å². The molecule has 0 saturated carbocycles. The van der Waals surface area contributed by atoms with Gasteiger partial charge in [0.25, 0.3) is 0 Å². The highest BCUT2D eigenvalue weighted by Gasteiger charge is 2.12. The van der Waals surface area contributed by atoms with Gasteiger partial charge in [0.2, 0.25) is 0 Å². The summed E-state index contributed by atoms with van der Waals surface area (Å²) >= 11 is 5.09. The number of anilines is 1. The molecule has 2 heterocycles. The Labute approximate surface area is 113 Å². The predicted octanol–water partition coefficient (Wildman–Crippen LogP) is 3.75. The molecule has 0 amide bonds. The average molecular weight is 312 g/mol. The zero-order valence-electron chi connectivity index (χ0n) is 9.77. The van der Waals surface area contributed by atoms with E-state index < -0.39 is 0 Å². The highest BCUT2D eigenvalue weighted by atomic mass is 79.9. The number of hydrogen-bond donors (Lipinski definition) is 1. The SMILES string of the molecule is CC(C)Cc1nc(-c2ccsc2)nc(N)c1Br. The van der Waals surface area contributed by atoms with E-state index in [4.69, 9.17) is 5.73 Å². The van der Waals surface area contributed by atoms with Gasteiger partial charge in [0.1, 0.15) is 5.82 Å². The molecule has 0 spiro atoms. The van der Waals surface area contributed by atoms with Crippen molar-refractivity contribution in [3.05, 3.63) is 27.0 Å². The van der Waals surface area contributed by atoms with Crippen molar-refractivity contribution in [2.24, 2.45) is 5.92 Å². The van der Waals surface area contributed by atoms with Crippen LogP contribution in [0, 0.1) is 5.92 Å². The van der Waals surface area contributed by atoms with E-state index in [1.165, 1.54) is 0 Å². The molecule has 2 aromatic heterocycles. The number of aromatic nitrogens is 2. The van der Waals surface area contributed by atoms with Gasteiger partial charge in [0.15, 0.2) is 5.82 Å². The van der Waals surface area contributed by atoms with E-state index in [-0.39, 0.29) is 0 Å². The van der Waals surface area contributed by atoms with E-state index in [1.807, 2.05) is 16.8 Å². The van der Waals surface area contributed by atoms with Crippen LogP contribution in [0.2, 0.25) is 0 Å². The predicted molar refractivity (Wildman–Crippen MR) is 76.0 cm³/mol. The largest absolute Gasteiger partial charge is 0.383 e. The zero-order valence-corrected chi connectivity index (χ0v) is 12.2. The molecule has 0 bridgehead atoms. The Bertz CT molecular complexity index is 509. The first-order chi connectivity index (χ1) is 8.08. The second kappa shape index (κ2) is 5.14. The van der Waals surface area contributed by atoms with Crippen LogP contribution in [0.3, 0.4) is 0 Å². The Morgan fingerprint density at radius 2 is 2.18 bits per heavy atom. The maximum Gasteiger partial charge on any atom is 0.162 e. The number of nitrogens with zero attached hydrogens (tertiary/aromatic N) is 2. The third-order valence-corrected chi connectivity index (χ3v) is 3.87. The summed E-state index contributed by atoms with van der Waals surface area (Å²) in [5.74, 6) is 1.76. The fraction of sp³-hybridized carbons (Fsp3) is 0.333. The summed E-state index contributed by atoms with van der Waals surface area (Å²) in [6.07, 6.45) is 0.893. The Balaban J connectivity index is 2.46. The quantitative estimate of drug-likeness (QED) is 0.939. The standard InChI is InChI=1S/C12H14BrN3S/c1-7(2)5-9-10(13)11(14)16-12(15-9)8-3-4-17-6-8/h3-4,6-7H,5H2,1-2H3,(H2,14,15,16). The van der Waals surface area contributed by atoms with Gasteiger partial charge in [-0.05, 0) is 39.7 Å². The highest BCUT2D eigenvalue weighted by molar-refractivity contribution is 9.10. The molecule has 0 aliphatic carbocycles. The molecule has 0 fully saturated rings. The lowest BCUT2D eigenvalue weighted by molar-refractivity contribution is 0.633. The number of thiophene rings is 1. The van der Waals surface area contributed by atoms with Gasteiger partial charge in [-0.1, -0.05) is 13.8 Å². The van der Waals surface area contributed by atoms with Crippen molar-refractivity contribution >= 4 is 33.1 Å². The van der Waals surface area contributed by atoms with Crippen LogP contribution in [-0.4, -0.2) is 9.97 Å². The molecule has 2 N–H and O–H groups in total. The molecular weight excluding hydrogens is 298 g/mol. The van der Waals surface area contributed by atoms with Gasteiger partial charge in [-0.15, -0.1) is 0 Å². The summed E-state index contributed by atoms with van der Waals surface area (Å²) in [5.41, 5.74) is 7.92. The van der Waals surface area contributed by atoms with Crippen LogP contribution in [0.25, 0.3) is 11.4 Å². The van der Waals surface area contributed by atoms with E-state index in [1.54, 1.807) is 11.3 Å². The molecule has 3 nitrogen and oxygen atoms in total. The van der Waals surface area contributed by atoms with Crippen LogP contribution in [0.5, 0.6) is 0 Å². The molecule has 2 aromatic rings. The van der Waals surface area contributed by atoms with Gasteiger partial charge in [0, 0.05) is 10.9 Å². The van der Waals surface area contributed by atoms with Gasteiger partial charge >= 0.3 is 0 Å². The fourth-order valence-electron chi connectivity index (χ4n) is 1.56. The molecule has 0 atom stereocenters. The van der Waals surface area contributed by atoms with Crippen LogP contribution >= 0.6 is 27.3 Å². The van der Waals surface area contributed by atoms with Crippen molar-refractivity contribution in [2.75, 3.05) is 5.73 Å². The first kappa shape index (κ1) is 12.5. The minimum atomic E-state index is 0.511. The molecule has 0 unspecified atom stereocenters. The summed E-state index contributed by atoms with van der Waals surface area (Å²) < 4.78 is 0.824. The van der Waals surface area contributed by atoms with E-state index in [0.717, 1.165) is 22.2 Å². The van der Waals surface area contributed by atoms with Gasteiger partial charge in [-0.3, -0.25) is 0 Å². The second-order valence-electron chi connectivity index (χ2n) is 4.30. The van der Waals surface area contributed by atoms with E-state index in [0.29, 0.717) is 17.6 Å². The summed E-state index contributed by atoms with van der Waals surface area (Å²) in [5, 5.41) is 4.04. The molecule has 2 rings (SSSR count). The molecular formula is C12H14BrN3S. The lowest BCUT2D eigenvalue weighted by Crippen LogP contribution is -2.05. The Hall–Kier alpha value is -0.940. The molecule has 0 saturated heterocycles. The zero-order chi connectivity index (χ0) is 12.4. The Kier molecular flexibility index (Phi) is 3.79. The molecule has 0 aliphatic heterocycles. The van der Waals surface area contributed by atoms with Crippen molar-refractivity contribution in [3.8, 4) is 11.4 Å². The topological polar surface area (TPSA) is 51.8 Å². The third-order valence-electron chi connectivity index (χ3n) is 2.33. The molecule has 0 aromatic carbocycles. The van der Waals surface area contributed by atoms with Gasteiger partial charge in [0.05, 0.1) is 10.2 Å². The van der Waals surface area contributed by atoms with E-state index in [9.17, 15) is 0 Å².